The number of halogens is 1. The molecule has 3 rings (SSSR count). The quantitative estimate of drug-likeness (QED) is 0.779. The van der Waals surface area contributed by atoms with Crippen molar-refractivity contribution in [3.05, 3.63) is 29.8 Å². The van der Waals surface area contributed by atoms with E-state index >= 15 is 0 Å². The maximum absolute atomic E-state index is 5.95. The van der Waals surface area contributed by atoms with Crippen molar-refractivity contribution in [1.82, 2.24) is 4.90 Å². The number of nitrogens with zero attached hydrogens (tertiary/aromatic N) is 1. The molecule has 0 radical (unpaired) electrons. The summed E-state index contributed by atoms with van der Waals surface area (Å²) in [7, 11) is 0. The molecule has 0 saturated carbocycles. The first-order chi connectivity index (χ1) is 8.86. The summed E-state index contributed by atoms with van der Waals surface area (Å²) in [4.78, 5) is 2.57. The first-order valence-corrected chi connectivity index (χ1v) is 7.40. The Kier molecular flexibility index (Phi) is 3.76. The van der Waals surface area contributed by atoms with Crippen LogP contribution in [-0.4, -0.2) is 37.0 Å². The summed E-state index contributed by atoms with van der Waals surface area (Å²) in [6.07, 6.45) is 2.40. The van der Waals surface area contributed by atoms with E-state index in [1.807, 2.05) is 0 Å². The molecule has 0 spiro atoms. The van der Waals surface area contributed by atoms with Crippen molar-refractivity contribution >= 4 is 11.6 Å². The van der Waals surface area contributed by atoms with Gasteiger partial charge in [0.15, 0.2) is 0 Å². The number of alkyl halides is 1. The topological polar surface area (TPSA) is 12.5 Å². The maximum atomic E-state index is 5.95. The fourth-order valence-electron chi connectivity index (χ4n) is 3.12. The molecule has 2 aliphatic rings. The number of likely N-dealkylation sites (tertiary alicyclic amines) is 1. The smallest absolute Gasteiger partial charge is 0.122 e. The standard InChI is InChI=1S/C15H20ClNO/c16-9-12-5-7-17(10-12)11-13-6-8-18-15-4-2-1-3-14(13)15/h1-4,12-13H,5-11H2. The van der Waals surface area contributed by atoms with Gasteiger partial charge in [0, 0.05) is 24.9 Å². The minimum Gasteiger partial charge on any atom is -0.493 e. The van der Waals surface area contributed by atoms with Crippen molar-refractivity contribution in [1.29, 1.82) is 0 Å². The van der Waals surface area contributed by atoms with Crippen molar-refractivity contribution in [2.24, 2.45) is 5.92 Å². The average Bonchev–Trinajstić information content (AvgIpc) is 2.87. The Morgan fingerprint density at radius 2 is 2.17 bits per heavy atom. The molecule has 2 unspecified atom stereocenters. The van der Waals surface area contributed by atoms with Gasteiger partial charge in [0.05, 0.1) is 6.61 Å². The summed E-state index contributed by atoms with van der Waals surface area (Å²) >= 11 is 5.95. The lowest BCUT2D eigenvalue weighted by atomic mass is 9.93. The fraction of sp³-hybridized carbons (Fsp3) is 0.600. The van der Waals surface area contributed by atoms with E-state index in [1.165, 1.54) is 25.1 Å². The number of rotatable bonds is 3. The zero-order chi connectivity index (χ0) is 12.4. The lowest BCUT2D eigenvalue weighted by Crippen LogP contribution is -2.29. The van der Waals surface area contributed by atoms with Gasteiger partial charge in [0.1, 0.15) is 5.75 Å². The molecule has 0 amide bonds. The zero-order valence-electron chi connectivity index (χ0n) is 10.6. The summed E-state index contributed by atoms with van der Waals surface area (Å²) in [5.41, 5.74) is 1.39. The molecule has 2 aliphatic heterocycles. The van der Waals surface area contributed by atoms with Gasteiger partial charge in [-0.15, -0.1) is 11.6 Å². The molecule has 1 fully saturated rings. The second-order valence-corrected chi connectivity index (χ2v) is 5.75. The summed E-state index contributed by atoms with van der Waals surface area (Å²) in [5.74, 6) is 3.22. The van der Waals surface area contributed by atoms with Crippen LogP contribution in [0, 0.1) is 5.92 Å². The Hall–Kier alpha value is -0.730. The van der Waals surface area contributed by atoms with Gasteiger partial charge in [-0.05, 0) is 36.9 Å². The van der Waals surface area contributed by atoms with E-state index in [1.54, 1.807) is 0 Å². The van der Waals surface area contributed by atoms with Crippen LogP contribution in [0.15, 0.2) is 24.3 Å². The van der Waals surface area contributed by atoms with Crippen LogP contribution in [0.2, 0.25) is 0 Å². The van der Waals surface area contributed by atoms with E-state index < -0.39 is 0 Å². The Labute approximate surface area is 114 Å². The second-order valence-electron chi connectivity index (χ2n) is 5.44. The van der Waals surface area contributed by atoms with Crippen molar-refractivity contribution < 1.29 is 4.74 Å². The highest BCUT2D eigenvalue weighted by molar-refractivity contribution is 6.18. The van der Waals surface area contributed by atoms with Gasteiger partial charge in [-0.1, -0.05) is 18.2 Å². The van der Waals surface area contributed by atoms with E-state index in [0.717, 1.165) is 31.2 Å². The molecule has 2 nitrogen and oxygen atoms in total. The van der Waals surface area contributed by atoms with Crippen LogP contribution in [0.4, 0.5) is 0 Å². The molecule has 2 atom stereocenters. The van der Waals surface area contributed by atoms with Crippen LogP contribution >= 0.6 is 11.6 Å². The Balaban J connectivity index is 1.67. The van der Waals surface area contributed by atoms with Gasteiger partial charge in [0.2, 0.25) is 0 Å². The first-order valence-electron chi connectivity index (χ1n) is 6.87. The number of ether oxygens (including phenoxy) is 1. The second kappa shape index (κ2) is 5.50. The Bertz CT molecular complexity index is 409. The molecule has 0 aliphatic carbocycles. The normalized spacial score (nSPS) is 27.8. The zero-order valence-corrected chi connectivity index (χ0v) is 11.4. The molecule has 0 bridgehead atoms. The van der Waals surface area contributed by atoms with Gasteiger partial charge in [-0.25, -0.2) is 0 Å². The summed E-state index contributed by atoms with van der Waals surface area (Å²) in [6, 6.07) is 8.48. The molecular formula is C15H20ClNO. The van der Waals surface area contributed by atoms with Gasteiger partial charge in [0.25, 0.3) is 0 Å². The maximum Gasteiger partial charge on any atom is 0.122 e. The first kappa shape index (κ1) is 12.3. The minimum atomic E-state index is 0.629. The van der Waals surface area contributed by atoms with E-state index in [2.05, 4.69) is 29.2 Å². The van der Waals surface area contributed by atoms with Crippen LogP contribution in [0.5, 0.6) is 5.75 Å². The van der Waals surface area contributed by atoms with Crippen LogP contribution in [0.3, 0.4) is 0 Å². The van der Waals surface area contributed by atoms with Crippen molar-refractivity contribution in [2.45, 2.75) is 18.8 Å². The Morgan fingerprint density at radius 1 is 1.28 bits per heavy atom. The molecule has 1 saturated heterocycles. The molecule has 1 aromatic rings. The third-order valence-corrected chi connectivity index (χ3v) is 4.59. The minimum absolute atomic E-state index is 0.629. The van der Waals surface area contributed by atoms with Crippen LogP contribution in [-0.2, 0) is 0 Å². The predicted molar refractivity (Wildman–Crippen MR) is 74.6 cm³/mol. The molecule has 1 aromatic carbocycles. The largest absolute Gasteiger partial charge is 0.493 e. The van der Waals surface area contributed by atoms with E-state index in [9.17, 15) is 0 Å². The van der Waals surface area contributed by atoms with E-state index in [4.69, 9.17) is 16.3 Å². The summed E-state index contributed by atoms with van der Waals surface area (Å²) in [5, 5.41) is 0. The highest BCUT2D eigenvalue weighted by atomic mass is 35.5. The molecule has 3 heteroatoms. The van der Waals surface area contributed by atoms with Gasteiger partial charge in [-0.3, -0.25) is 0 Å². The SMILES string of the molecule is ClCC1CCN(CC2CCOc3ccccc32)C1. The van der Waals surface area contributed by atoms with E-state index in [-0.39, 0.29) is 0 Å². The number of para-hydroxylation sites is 1. The van der Waals surface area contributed by atoms with Crippen molar-refractivity contribution in [3.63, 3.8) is 0 Å². The van der Waals surface area contributed by atoms with Gasteiger partial charge < -0.3 is 9.64 Å². The van der Waals surface area contributed by atoms with Gasteiger partial charge in [-0.2, -0.15) is 0 Å². The molecule has 0 aromatic heterocycles. The summed E-state index contributed by atoms with van der Waals surface area (Å²) < 4.78 is 5.72. The molecule has 0 N–H and O–H groups in total. The number of hydrogen-bond donors (Lipinski definition) is 0. The van der Waals surface area contributed by atoms with Gasteiger partial charge >= 0.3 is 0 Å². The monoisotopic (exact) mass is 265 g/mol. The fourth-order valence-corrected chi connectivity index (χ4v) is 3.37. The molecule has 98 valence electrons. The van der Waals surface area contributed by atoms with Crippen molar-refractivity contribution in [2.75, 3.05) is 32.1 Å². The molecular weight excluding hydrogens is 246 g/mol. The number of hydrogen-bond acceptors (Lipinski definition) is 2. The lowest BCUT2D eigenvalue weighted by Gasteiger charge is -2.29. The predicted octanol–water partition coefficient (Wildman–Crippen LogP) is 3.11. The average molecular weight is 266 g/mol. The highest BCUT2D eigenvalue weighted by Crippen LogP contribution is 2.34. The summed E-state index contributed by atoms with van der Waals surface area (Å²) in [6.45, 7) is 4.39. The van der Waals surface area contributed by atoms with Crippen LogP contribution in [0.25, 0.3) is 0 Å². The van der Waals surface area contributed by atoms with Crippen molar-refractivity contribution in [3.8, 4) is 5.75 Å². The van der Waals surface area contributed by atoms with E-state index in [0.29, 0.717) is 11.8 Å². The highest BCUT2D eigenvalue weighted by Gasteiger charge is 2.27. The third kappa shape index (κ3) is 2.50. The number of fused-ring (bicyclic) bond motifs is 1. The number of benzene rings is 1. The van der Waals surface area contributed by atoms with Crippen LogP contribution < -0.4 is 4.74 Å². The third-order valence-electron chi connectivity index (χ3n) is 4.15. The molecule has 18 heavy (non-hydrogen) atoms. The van der Waals surface area contributed by atoms with Crippen LogP contribution in [0.1, 0.15) is 24.3 Å². The Morgan fingerprint density at radius 3 is 3.00 bits per heavy atom. The molecule has 2 heterocycles. The lowest BCUT2D eigenvalue weighted by molar-refractivity contribution is 0.229.